The highest BCUT2D eigenvalue weighted by molar-refractivity contribution is 7.90. The van der Waals surface area contributed by atoms with E-state index in [1.807, 2.05) is 13.8 Å². The predicted octanol–water partition coefficient (Wildman–Crippen LogP) is 0.723. The van der Waals surface area contributed by atoms with Crippen LogP contribution in [0.5, 0.6) is 0 Å². The fourth-order valence-electron chi connectivity index (χ4n) is 1.05. The second-order valence-corrected chi connectivity index (χ2v) is 5.75. The van der Waals surface area contributed by atoms with Crippen molar-refractivity contribution >= 4 is 10.0 Å². The Bertz CT molecular complexity index is 234. The standard InChI is InChI=1S/C9H21NO3S/c1-4-9(5-2)6-10-14(12,13)8(3)7-11/h8-11H,4-7H2,1-3H3. The summed E-state index contributed by atoms with van der Waals surface area (Å²) in [6, 6.07) is 0. The van der Waals surface area contributed by atoms with Crippen LogP contribution in [0.2, 0.25) is 0 Å². The van der Waals surface area contributed by atoms with Crippen LogP contribution in [0.15, 0.2) is 0 Å². The molecule has 0 aromatic rings. The summed E-state index contributed by atoms with van der Waals surface area (Å²) in [5.41, 5.74) is 0. The lowest BCUT2D eigenvalue weighted by atomic mass is 10.0. The van der Waals surface area contributed by atoms with E-state index in [1.165, 1.54) is 6.92 Å². The highest BCUT2D eigenvalue weighted by atomic mass is 32.2. The molecule has 14 heavy (non-hydrogen) atoms. The van der Waals surface area contributed by atoms with Gasteiger partial charge in [0.05, 0.1) is 11.9 Å². The van der Waals surface area contributed by atoms with Gasteiger partial charge in [0, 0.05) is 6.54 Å². The van der Waals surface area contributed by atoms with Crippen molar-refractivity contribution in [2.24, 2.45) is 5.92 Å². The molecule has 0 aromatic heterocycles. The highest BCUT2D eigenvalue weighted by Gasteiger charge is 2.19. The van der Waals surface area contributed by atoms with Crippen LogP contribution in [0.25, 0.3) is 0 Å². The number of hydrogen-bond acceptors (Lipinski definition) is 3. The summed E-state index contributed by atoms with van der Waals surface area (Å²) < 4.78 is 25.4. The highest BCUT2D eigenvalue weighted by Crippen LogP contribution is 2.07. The van der Waals surface area contributed by atoms with Gasteiger partial charge >= 0.3 is 0 Å². The molecular weight excluding hydrogens is 202 g/mol. The first kappa shape index (κ1) is 13.9. The van der Waals surface area contributed by atoms with Gasteiger partial charge in [-0.15, -0.1) is 0 Å². The Morgan fingerprint density at radius 1 is 1.29 bits per heavy atom. The van der Waals surface area contributed by atoms with Crippen molar-refractivity contribution in [1.82, 2.24) is 4.72 Å². The third kappa shape index (κ3) is 4.39. The quantitative estimate of drug-likeness (QED) is 0.668. The van der Waals surface area contributed by atoms with Crippen molar-refractivity contribution in [3.05, 3.63) is 0 Å². The average molecular weight is 223 g/mol. The third-order valence-corrected chi connectivity index (χ3v) is 4.29. The van der Waals surface area contributed by atoms with E-state index in [4.69, 9.17) is 5.11 Å². The maximum Gasteiger partial charge on any atom is 0.216 e. The van der Waals surface area contributed by atoms with Gasteiger partial charge in [0.2, 0.25) is 10.0 Å². The SMILES string of the molecule is CCC(CC)CNS(=O)(=O)C(C)CO. The first-order valence-corrected chi connectivity index (χ1v) is 6.61. The lowest BCUT2D eigenvalue weighted by Crippen LogP contribution is -2.37. The van der Waals surface area contributed by atoms with Crippen molar-refractivity contribution < 1.29 is 13.5 Å². The van der Waals surface area contributed by atoms with Crippen molar-refractivity contribution in [2.45, 2.75) is 38.9 Å². The van der Waals surface area contributed by atoms with E-state index >= 15 is 0 Å². The largest absolute Gasteiger partial charge is 0.395 e. The second-order valence-electron chi connectivity index (χ2n) is 3.57. The van der Waals surface area contributed by atoms with E-state index < -0.39 is 15.3 Å². The van der Waals surface area contributed by atoms with Gasteiger partial charge in [0.15, 0.2) is 0 Å². The number of rotatable bonds is 7. The van der Waals surface area contributed by atoms with Crippen LogP contribution in [-0.4, -0.2) is 31.9 Å². The molecule has 0 amide bonds. The summed E-state index contributed by atoms with van der Waals surface area (Å²) in [5.74, 6) is 0.385. The molecular formula is C9H21NO3S. The minimum absolute atomic E-state index is 0.335. The topological polar surface area (TPSA) is 66.4 Å². The van der Waals surface area contributed by atoms with Gasteiger partial charge < -0.3 is 5.11 Å². The molecule has 4 nitrogen and oxygen atoms in total. The lowest BCUT2D eigenvalue weighted by molar-refractivity contribution is 0.294. The molecule has 0 aliphatic heterocycles. The third-order valence-electron chi connectivity index (χ3n) is 2.51. The number of sulfonamides is 1. The minimum atomic E-state index is -3.33. The van der Waals surface area contributed by atoms with Crippen molar-refractivity contribution in [1.29, 1.82) is 0 Å². The normalized spacial score (nSPS) is 14.6. The smallest absolute Gasteiger partial charge is 0.216 e. The number of aliphatic hydroxyl groups excluding tert-OH is 1. The van der Waals surface area contributed by atoms with Crippen LogP contribution in [0.1, 0.15) is 33.6 Å². The Labute approximate surface area is 86.8 Å². The van der Waals surface area contributed by atoms with E-state index in [1.54, 1.807) is 0 Å². The summed E-state index contributed by atoms with van der Waals surface area (Å²) in [4.78, 5) is 0. The summed E-state index contributed by atoms with van der Waals surface area (Å²) >= 11 is 0. The van der Waals surface area contributed by atoms with Gasteiger partial charge in [-0.25, -0.2) is 13.1 Å². The Morgan fingerprint density at radius 2 is 1.79 bits per heavy atom. The first-order valence-electron chi connectivity index (χ1n) is 5.07. The number of aliphatic hydroxyl groups is 1. The molecule has 0 radical (unpaired) electrons. The minimum Gasteiger partial charge on any atom is -0.395 e. The molecule has 1 unspecified atom stereocenters. The molecule has 86 valence electrons. The van der Waals surface area contributed by atoms with E-state index in [0.717, 1.165) is 12.8 Å². The molecule has 2 N–H and O–H groups in total. The zero-order valence-electron chi connectivity index (χ0n) is 9.16. The number of nitrogens with one attached hydrogen (secondary N) is 1. The Balaban J connectivity index is 4.11. The van der Waals surface area contributed by atoms with Gasteiger partial charge in [-0.05, 0) is 12.8 Å². The molecule has 5 heteroatoms. The van der Waals surface area contributed by atoms with Crippen LogP contribution in [-0.2, 0) is 10.0 Å². The van der Waals surface area contributed by atoms with Crippen LogP contribution < -0.4 is 4.72 Å². The van der Waals surface area contributed by atoms with Crippen molar-refractivity contribution in [3.63, 3.8) is 0 Å². The zero-order valence-corrected chi connectivity index (χ0v) is 9.97. The predicted molar refractivity (Wildman–Crippen MR) is 57.5 cm³/mol. The molecule has 0 aromatic carbocycles. The molecule has 0 spiro atoms. The van der Waals surface area contributed by atoms with Crippen molar-refractivity contribution in [2.75, 3.05) is 13.2 Å². The van der Waals surface area contributed by atoms with Gasteiger partial charge in [-0.3, -0.25) is 0 Å². The second kappa shape index (κ2) is 6.37. The van der Waals surface area contributed by atoms with E-state index in [0.29, 0.717) is 12.5 Å². The maximum atomic E-state index is 11.4. The molecule has 0 bridgehead atoms. The summed E-state index contributed by atoms with van der Waals surface area (Å²) in [6.45, 7) is 5.71. The summed E-state index contributed by atoms with van der Waals surface area (Å²) in [5, 5.41) is 8.01. The Kier molecular flexibility index (Phi) is 6.31. The maximum absolute atomic E-state index is 11.4. The van der Waals surface area contributed by atoms with E-state index in [9.17, 15) is 8.42 Å². The molecule has 1 atom stereocenters. The van der Waals surface area contributed by atoms with Crippen LogP contribution in [0, 0.1) is 5.92 Å². The first-order chi connectivity index (χ1) is 6.47. The van der Waals surface area contributed by atoms with Crippen LogP contribution in [0.4, 0.5) is 0 Å². The molecule has 0 saturated carbocycles. The fraction of sp³-hybridized carbons (Fsp3) is 1.00. The Morgan fingerprint density at radius 3 is 2.14 bits per heavy atom. The fourth-order valence-corrected chi connectivity index (χ4v) is 2.00. The van der Waals surface area contributed by atoms with E-state index in [-0.39, 0.29) is 6.61 Å². The van der Waals surface area contributed by atoms with Crippen LogP contribution >= 0.6 is 0 Å². The summed E-state index contributed by atoms with van der Waals surface area (Å²) in [7, 11) is -3.33. The Hall–Kier alpha value is -0.130. The average Bonchev–Trinajstić information content (AvgIpc) is 2.18. The van der Waals surface area contributed by atoms with E-state index in [2.05, 4.69) is 4.72 Å². The monoisotopic (exact) mass is 223 g/mol. The van der Waals surface area contributed by atoms with Gasteiger partial charge in [0.25, 0.3) is 0 Å². The van der Waals surface area contributed by atoms with Gasteiger partial charge in [-0.1, -0.05) is 26.7 Å². The lowest BCUT2D eigenvalue weighted by Gasteiger charge is -2.16. The van der Waals surface area contributed by atoms with Gasteiger partial charge in [0.1, 0.15) is 0 Å². The molecule has 0 fully saturated rings. The molecule has 0 heterocycles. The zero-order chi connectivity index (χ0) is 11.2. The van der Waals surface area contributed by atoms with Crippen LogP contribution in [0.3, 0.4) is 0 Å². The number of hydrogen-bond donors (Lipinski definition) is 2. The molecule has 0 aliphatic rings. The summed E-state index contributed by atoms with van der Waals surface area (Å²) in [6.07, 6.45) is 1.93. The molecule has 0 rings (SSSR count). The van der Waals surface area contributed by atoms with Crippen molar-refractivity contribution in [3.8, 4) is 0 Å². The van der Waals surface area contributed by atoms with Gasteiger partial charge in [-0.2, -0.15) is 0 Å². The molecule has 0 aliphatic carbocycles. The molecule has 0 saturated heterocycles.